The number of carbonyl (C=O) groups is 1. The van der Waals surface area contributed by atoms with E-state index in [9.17, 15) is 13.2 Å². The van der Waals surface area contributed by atoms with Crippen LogP contribution in [0.5, 0.6) is 0 Å². The number of rotatable bonds is 4. The highest BCUT2D eigenvalue weighted by Gasteiger charge is 2.15. The number of nitrogen functional groups attached to an aromatic ring is 1. The standard InChI is InChI=1S/C18H16N4O3S.3H2/c1-26(24,25)14-9-7-12(8-10-14)15-11-20-17(19)16(22-15)18(23)21-13-5-3-2-4-6-13;;;/h2-11H,1H3,(H2,19,20)(H,21,23);3*1H. The van der Waals surface area contributed by atoms with Gasteiger partial charge in [-0.2, -0.15) is 0 Å². The summed E-state index contributed by atoms with van der Waals surface area (Å²) in [5, 5.41) is 2.71. The number of hydrogen-bond acceptors (Lipinski definition) is 6. The molecule has 7 nitrogen and oxygen atoms in total. The van der Waals surface area contributed by atoms with Crippen LogP contribution in [0, 0.1) is 0 Å². The average molecular weight is 374 g/mol. The van der Waals surface area contributed by atoms with Crippen molar-refractivity contribution in [1.29, 1.82) is 0 Å². The fourth-order valence-corrected chi connectivity index (χ4v) is 2.92. The Balaban J connectivity index is 0.00000261. The first-order valence-electron chi connectivity index (χ1n) is 7.64. The summed E-state index contributed by atoms with van der Waals surface area (Å²) in [5.74, 6) is -0.467. The molecule has 0 unspecified atom stereocenters. The number of nitrogens with zero attached hydrogens (tertiary/aromatic N) is 2. The predicted molar refractivity (Wildman–Crippen MR) is 106 cm³/mol. The Morgan fingerprint density at radius 3 is 2.35 bits per heavy atom. The third-order valence-corrected chi connectivity index (χ3v) is 4.75. The summed E-state index contributed by atoms with van der Waals surface area (Å²) in [6.07, 6.45) is 2.57. The number of nitrogens with one attached hydrogen (secondary N) is 1. The van der Waals surface area contributed by atoms with E-state index in [-0.39, 0.29) is 20.7 Å². The van der Waals surface area contributed by atoms with Crippen LogP contribution in [0.25, 0.3) is 11.3 Å². The van der Waals surface area contributed by atoms with E-state index in [0.717, 1.165) is 6.26 Å². The molecule has 0 radical (unpaired) electrons. The Bertz CT molecular complexity index is 1060. The second-order valence-corrected chi connectivity index (χ2v) is 7.62. The van der Waals surface area contributed by atoms with Crippen molar-refractivity contribution in [3.8, 4) is 11.3 Å². The summed E-state index contributed by atoms with van der Waals surface area (Å²) in [4.78, 5) is 20.9. The molecule has 0 bridgehead atoms. The Kier molecular flexibility index (Phi) is 4.68. The maximum atomic E-state index is 12.4. The minimum atomic E-state index is -3.28. The Hall–Kier alpha value is -3.26. The minimum absolute atomic E-state index is 0. The van der Waals surface area contributed by atoms with Gasteiger partial charge in [0.15, 0.2) is 21.3 Å². The number of hydrogen-bond donors (Lipinski definition) is 2. The van der Waals surface area contributed by atoms with E-state index in [1.165, 1.54) is 18.3 Å². The quantitative estimate of drug-likeness (QED) is 0.725. The summed E-state index contributed by atoms with van der Waals surface area (Å²) < 4.78 is 23.1. The van der Waals surface area contributed by atoms with Crippen LogP contribution in [-0.2, 0) is 9.84 Å². The van der Waals surface area contributed by atoms with E-state index in [4.69, 9.17) is 5.73 Å². The molecular weight excluding hydrogens is 352 g/mol. The molecule has 3 N–H and O–H groups in total. The topological polar surface area (TPSA) is 115 Å². The molecule has 138 valence electrons. The van der Waals surface area contributed by atoms with Crippen molar-refractivity contribution < 1.29 is 17.5 Å². The summed E-state index contributed by atoms with van der Waals surface area (Å²) in [7, 11) is -3.28. The first-order chi connectivity index (χ1) is 12.3. The first kappa shape index (κ1) is 17.6. The van der Waals surface area contributed by atoms with Gasteiger partial charge in [-0.1, -0.05) is 30.3 Å². The van der Waals surface area contributed by atoms with Crippen molar-refractivity contribution in [2.24, 2.45) is 0 Å². The molecule has 2 aromatic carbocycles. The van der Waals surface area contributed by atoms with Crippen LogP contribution in [0.15, 0.2) is 65.7 Å². The van der Waals surface area contributed by atoms with E-state index in [2.05, 4.69) is 15.3 Å². The molecule has 1 aromatic heterocycles. The zero-order valence-corrected chi connectivity index (χ0v) is 14.7. The van der Waals surface area contributed by atoms with Crippen LogP contribution in [0.4, 0.5) is 11.5 Å². The highest BCUT2D eigenvalue weighted by atomic mass is 32.2. The highest BCUT2D eigenvalue weighted by Crippen LogP contribution is 2.21. The molecule has 26 heavy (non-hydrogen) atoms. The van der Waals surface area contributed by atoms with Crippen molar-refractivity contribution in [2.45, 2.75) is 4.90 Å². The number of carbonyl (C=O) groups excluding carboxylic acids is 1. The lowest BCUT2D eigenvalue weighted by Crippen LogP contribution is -2.17. The highest BCUT2D eigenvalue weighted by molar-refractivity contribution is 7.90. The predicted octanol–water partition coefficient (Wildman–Crippen LogP) is 3.12. The molecule has 3 rings (SSSR count). The van der Waals surface area contributed by atoms with Crippen molar-refractivity contribution in [3.05, 3.63) is 66.5 Å². The van der Waals surface area contributed by atoms with Crippen LogP contribution in [0.3, 0.4) is 0 Å². The third kappa shape index (κ3) is 3.86. The fourth-order valence-electron chi connectivity index (χ4n) is 2.29. The lowest BCUT2D eigenvalue weighted by Gasteiger charge is -2.08. The van der Waals surface area contributed by atoms with Gasteiger partial charge >= 0.3 is 0 Å². The third-order valence-electron chi connectivity index (χ3n) is 3.63. The van der Waals surface area contributed by atoms with E-state index < -0.39 is 15.7 Å². The first-order valence-corrected chi connectivity index (χ1v) is 9.53. The van der Waals surface area contributed by atoms with Crippen molar-refractivity contribution in [3.63, 3.8) is 0 Å². The summed E-state index contributed by atoms with van der Waals surface area (Å²) in [6, 6.07) is 15.1. The molecule has 0 aliphatic carbocycles. The lowest BCUT2D eigenvalue weighted by atomic mass is 10.1. The second-order valence-electron chi connectivity index (χ2n) is 5.61. The van der Waals surface area contributed by atoms with Gasteiger partial charge in [0.05, 0.1) is 16.8 Å². The molecule has 1 amide bonds. The Morgan fingerprint density at radius 2 is 1.73 bits per heavy atom. The zero-order chi connectivity index (χ0) is 18.7. The van der Waals surface area contributed by atoms with Crippen molar-refractivity contribution in [1.82, 2.24) is 9.97 Å². The smallest absolute Gasteiger partial charge is 0.278 e. The van der Waals surface area contributed by atoms with Crippen LogP contribution < -0.4 is 11.1 Å². The average Bonchev–Trinajstić information content (AvgIpc) is 2.62. The maximum Gasteiger partial charge on any atom is 0.278 e. The maximum absolute atomic E-state index is 12.4. The van der Waals surface area contributed by atoms with Crippen molar-refractivity contribution >= 4 is 27.2 Å². The number of aromatic nitrogens is 2. The normalized spacial score (nSPS) is 11.1. The molecule has 0 saturated heterocycles. The second kappa shape index (κ2) is 6.93. The number of nitrogens with two attached hydrogens (primary N) is 1. The van der Waals surface area contributed by atoms with Crippen LogP contribution in [0.1, 0.15) is 14.8 Å². The van der Waals surface area contributed by atoms with Crippen LogP contribution >= 0.6 is 0 Å². The van der Waals surface area contributed by atoms with Gasteiger partial charge in [0, 0.05) is 21.8 Å². The summed E-state index contributed by atoms with van der Waals surface area (Å²) >= 11 is 0. The van der Waals surface area contributed by atoms with Crippen LogP contribution in [-0.4, -0.2) is 30.5 Å². The van der Waals surface area contributed by atoms with Gasteiger partial charge in [0.25, 0.3) is 5.91 Å². The molecule has 8 heteroatoms. The van der Waals surface area contributed by atoms with E-state index >= 15 is 0 Å². The molecule has 0 spiro atoms. The largest absolute Gasteiger partial charge is 0.382 e. The molecular formula is C18H22N4O3S. The SMILES string of the molecule is CS(=O)(=O)c1ccc(-c2cnc(N)c(C(=O)Nc3ccccc3)n2)cc1.[HH].[HH].[HH]. The molecule has 0 aliphatic heterocycles. The number of sulfone groups is 1. The monoisotopic (exact) mass is 374 g/mol. The number of para-hydroxylation sites is 1. The lowest BCUT2D eigenvalue weighted by molar-refractivity contribution is 0.102. The molecule has 0 atom stereocenters. The Morgan fingerprint density at radius 1 is 1.08 bits per heavy atom. The molecule has 0 fully saturated rings. The van der Waals surface area contributed by atoms with Gasteiger partial charge in [-0.25, -0.2) is 18.4 Å². The van der Waals surface area contributed by atoms with E-state index in [1.807, 2.05) is 6.07 Å². The van der Waals surface area contributed by atoms with Gasteiger partial charge in [-0.05, 0) is 24.3 Å². The number of anilines is 2. The summed E-state index contributed by atoms with van der Waals surface area (Å²) in [6.45, 7) is 0. The number of benzene rings is 2. The molecule has 3 aromatic rings. The summed E-state index contributed by atoms with van der Waals surface area (Å²) in [5.41, 5.74) is 7.44. The zero-order valence-electron chi connectivity index (χ0n) is 13.9. The minimum Gasteiger partial charge on any atom is -0.382 e. The van der Waals surface area contributed by atoms with Gasteiger partial charge < -0.3 is 11.1 Å². The van der Waals surface area contributed by atoms with Gasteiger partial charge in [-0.3, -0.25) is 4.79 Å². The van der Waals surface area contributed by atoms with Crippen LogP contribution in [0.2, 0.25) is 0 Å². The number of amides is 1. The molecule has 0 aliphatic rings. The van der Waals surface area contributed by atoms with Gasteiger partial charge in [0.1, 0.15) is 0 Å². The fraction of sp³-hybridized carbons (Fsp3) is 0.0556. The van der Waals surface area contributed by atoms with Gasteiger partial charge in [-0.15, -0.1) is 0 Å². The molecule has 1 heterocycles. The molecule has 0 saturated carbocycles. The van der Waals surface area contributed by atoms with Gasteiger partial charge in [0.2, 0.25) is 0 Å². The van der Waals surface area contributed by atoms with E-state index in [1.54, 1.807) is 36.4 Å². The van der Waals surface area contributed by atoms with E-state index in [0.29, 0.717) is 16.9 Å². The Labute approximate surface area is 155 Å². The van der Waals surface area contributed by atoms with Crippen molar-refractivity contribution in [2.75, 3.05) is 17.3 Å².